The first kappa shape index (κ1) is 23.8. The number of nitrogens with one attached hydrogen (secondary N) is 2. The van der Waals surface area contributed by atoms with Crippen molar-refractivity contribution in [3.05, 3.63) is 38.8 Å². The molecule has 6 nitrogen and oxygen atoms in total. The molecule has 9 heteroatoms. The summed E-state index contributed by atoms with van der Waals surface area (Å²) in [5, 5.41) is 8.21. The van der Waals surface area contributed by atoms with Gasteiger partial charge in [0.2, 0.25) is 0 Å². The molecule has 150 valence electrons. The van der Waals surface area contributed by atoms with Gasteiger partial charge in [0, 0.05) is 37.6 Å². The van der Waals surface area contributed by atoms with E-state index < -0.39 is 0 Å². The number of guanidine groups is 1. The number of aryl methyl sites for hydroxylation is 1. The SMILES string of the molecule is CCOc1c(Cl)cc(CNC(=NC)NCCc2ncc(C)s2)cc1OC.I. The van der Waals surface area contributed by atoms with Crippen LogP contribution in [0.25, 0.3) is 0 Å². The van der Waals surface area contributed by atoms with E-state index in [1.54, 1.807) is 25.5 Å². The molecular weight excluding hydrogens is 499 g/mol. The molecule has 1 aromatic heterocycles. The third-order valence-corrected chi connectivity index (χ3v) is 4.82. The van der Waals surface area contributed by atoms with E-state index >= 15 is 0 Å². The third kappa shape index (κ3) is 7.34. The summed E-state index contributed by atoms with van der Waals surface area (Å²) in [6.45, 7) is 5.83. The molecule has 0 aliphatic heterocycles. The molecule has 0 spiro atoms. The van der Waals surface area contributed by atoms with Crippen LogP contribution in [0.4, 0.5) is 0 Å². The van der Waals surface area contributed by atoms with Crippen molar-refractivity contribution in [1.82, 2.24) is 15.6 Å². The molecule has 2 N–H and O–H groups in total. The fourth-order valence-electron chi connectivity index (χ4n) is 2.37. The van der Waals surface area contributed by atoms with E-state index in [9.17, 15) is 0 Å². The minimum Gasteiger partial charge on any atom is -0.493 e. The van der Waals surface area contributed by atoms with Gasteiger partial charge in [-0.05, 0) is 31.5 Å². The Morgan fingerprint density at radius 1 is 1.33 bits per heavy atom. The molecule has 0 amide bonds. The maximum absolute atomic E-state index is 6.31. The van der Waals surface area contributed by atoms with Crippen molar-refractivity contribution in [2.75, 3.05) is 27.3 Å². The van der Waals surface area contributed by atoms with Gasteiger partial charge in [-0.3, -0.25) is 4.99 Å². The maximum atomic E-state index is 6.31. The van der Waals surface area contributed by atoms with Crippen LogP contribution in [0.2, 0.25) is 5.02 Å². The number of thiazole rings is 1. The van der Waals surface area contributed by atoms with E-state index in [4.69, 9.17) is 21.1 Å². The number of ether oxygens (including phenoxy) is 2. The van der Waals surface area contributed by atoms with Crippen molar-refractivity contribution in [2.45, 2.75) is 26.8 Å². The van der Waals surface area contributed by atoms with Crippen LogP contribution < -0.4 is 20.1 Å². The maximum Gasteiger partial charge on any atom is 0.191 e. The summed E-state index contributed by atoms with van der Waals surface area (Å²) < 4.78 is 10.9. The third-order valence-electron chi connectivity index (χ3n) is 3.56. The summed E-state index contributed by atoms with van der Waals surface area (Å²) in [6.07, 6.45) is 2.76. The van der Waals surface area contributed by atoms with Crippen molar-refractivity contribution in [3.8, 4) is 11.5 Å². The van der Waals surface area contributed by atoms with Gasteiger partial charge in [-0.1, -0.05) is 11.6 Å². The average Bonchev–Trinajstić information content (AvgIpc) is 3.05. The molecule has 1 heterocycles. The molecule has 0 fully saturated rings. The molecule has 2 aromatic rings. The Kier molecular flexibility index (Phi) is 10.8. The molecule has 0 aliphatic rings. The first-order valence-corrected chi connectivity index (χ1v) is 9.61. The minimum atomic E-state index is 0. The summed E-state index contributed by atoms with van der Waals surface area (Å²) in [5.41, 5.74) is 0.980. The van der Waals surface area contributed by atoms with Crippen LogP contribution in [0.5, 0.6) is 11.5 Å². The lowest BCUT2D eigenvalue weighted by molar-refractivity contribution is 0.311. The normalized spacial score (nSPS) is 10.9. The van der Waals surface area contributed by atoms with Crippen molar-refractivity contribution in [3.63, 3.8) is 0 Å². The molecule has 2 rings (SSSR count). The Labute approximate surface area is 186 Å². The number of aliphatic imine (C=N–C) groups is 1. The number of hydrogen-bond donors (Lipinski definition) is 2. The molecule has 27 heavy (non-hydrogen) atoms. The number of methoxy groups -OCH3 is 1. The fourth-order valence-corrected chi connectivity index (χ4v) is 3.45. The lowest BCUT2D eigenvalue weighted by Gasteiger charge is -2.15. The Morgan fingerprint density at radius 2 is 2.11 bits per heavy atom. The van der Waals surface area contributed by atoms with Crippen LogP contribution >= 0.6 is 46.9 Å². The molecule has 0 unspecified atom stereocenters. The molecular formula is C18H26ClIN4O2S. The second-order valence-electron chi connectivity index (χ2n) is 5.51. The van der Waals surface area contributed by atoms with Crippen molar-refractivity contribution >= 4 is 52.9 Å². The van der Waals surface area contributed by atoms with Crippen LogP contribution in [0.3, 0.4) is 0 Å². The Morgan fingerprint density at radius 3 is 2.70 bits per heavy atom. The van der Waals surface area contributed by atoms with E-state index in [0.29, 0.717) is 29.7 Å². The molecule has 0 bridgehead atoms. The molecule has 0 saturated heterocycles. The summed E-state index contributed by atoms with van der Waals surface area (Å²) in [5.74, 6) is 1.92. The predicted octanol–water partition coefficient (Wildman–Crippen LogP) is 4.04. The van der Waals surface area contributed by atoms with Gasteiger partial charge in [-0.2, -0.15) is 0 Å². The number of rotatable bonds is 8. The number of nitrogens with zero attached hydrogens (tertiary/aromatic N) is 2. The highest BCUT2D eigenvalue weighted by Gasteiger charge is 2.12. The lowest BCUT2D eigenvalue weighted by Crippen LogP contribution is -2.37. The van der Waals surface area contributed by atoms with Crippen molar-refractivity contribution < 1.29 is 9.47 Å². The van der Waals surface area contributed by atoms with Gasteiger partial charge in [-0.15, -0.1) is 35.3 Å². The van der Waals surface area contributed by atoms with Gasteiger partial charge in [-0.25, -0.2) is 4.98 Å². The van der Waals surface area contributed by atoms with Crippen LogP contribution in [0, 0.1) is 6.92 Å². The molecule has 0 aliphatic carbocycles. The zero-order chi connectivity index (χ0) is 18.9. The summed E-state index contributed by atoms with van der Waals surface area (Å²) >= 11 is 8.03. The molecule has 1 aromatic carbocycles. The number of benzene rings is 1. The fraction of sp³-hybridized carbons (Fsp3) is 0.444. The number of halogens is 2. The van der Waals surface area contributed by atoms with E-state index in [-0.39, 0.29) is 24.0 Å². The monoisotopic (exact) mass is 524 g/mol. The Balaban J connectivity index is 0.00000364. The first-order valence-electron chi connectivity index (χ1n) is 8.42. The summed E-state index contributed by atoms with van der Waals surface area (Å²) in [7, 11) is 3.35. The minimum absolute atomic E-state index is 0. The van der Waals surface area contributed by atoms with E-state index in [2.05, 4.69) is 27.5 Å². The topological polar surface area (TPSA) is 67.8 Å². The van der Waals surface area contributed by atoms with Gasteiger partial charge >= 0.3 is 0 Å². The van der Waals surface area contributed by atoms with Gasteiger partial charge in [0.1, 0.15) is 0 Å². The van der Waals surface area contributed by atoms with Crippen LogP contribution in [0.15, 0.2) is 23.3 Å². The zero-order valence-electron chi connectivity index (χ0n) is 16.0. The van der Waals surface area contributed by atoms with Gasteiger partial charge < -0.3 is 20.1 Å². The van der Waals surface area contributed by atoms with Crippen molar-refractivity contribution in [2.24, 2.45) is 4.99 Å². The standard InChI is InChI=1S/C18H25ClN4O2S.HI/c1-5-25-17-14(19)8-13(9-15(17)24-4)11-23-18(20-3)21-7-6-16-22-10-12(2)26-16;/h8-10H,5-7,11H2,1-4H3,(H2,20,21,23);1H. The Hall–Kier alpha value is -1.26. The van der Waals surface area contributed by atoms with E-state index in [1.807, 2.05) is 25.3 Å². The van der Waals surface area contributed by atoms with Crippen LogP contribution in [0.1, 0.15) is 22.4 Å². The molecule has 0 radical (unpaired) electrons. The number of aromatic nitrogens is 1. The zero-order valence-corrected chi connectivity index (χ0v) is 19.9. The number of hydrogen-bond acceptors (Lipinski definition) is 5. The second kappa shape index (κ2) is 12.2. The van der Waals surface area contributed by atoms with Crippen LogP contribution in [-0.4, -0.2) is 38.3 Å². The van der Waals surface area contributed by atoms with Gasteiger partial charge in [0.15, 0.2) is 17.5 Å². The largest absolute Gasteiger partial charge is 0.493 e. The van der Waals surface area contributed by atoms with Gasteiger partial charge in [0.25, 0.3) is 0 Å². The van der Waals surface area contributed by atoms with Gasteiger partial charge in [0.05, 0.1) is 23.7 Å². The molecule has 0 saturated carbocycles. The lowest BCUT2D eigenvalue weighted by atomic mass is 10.2. The highest BCUT2D eigenvalue weighted by molar-refractivity contribution is 14.0. The smallest absolute Gasteiger partial charge is 0.191 e. The summed E-state index contributed by atoms with van der Waals surface area (Å²) in [6, 6.07) is 3.78. The van der Waals surface area contributed by atoms with Crippen molar-refractivity contribution in [1.29, 1.82) is 0 Å². The van der Waals surface area contributed by atoms with E-state index in [0.717, 1.165) is 29.5 Å². The molecule has 0 atom stereocenters. The average molecular weight is 525 g/mol. The second-order valence-corrected chi connectivity index (χ2v) is 7.24. The predicted molar refractivity (Wildman–Crippen MR) is 123 cm³/mol. The Bertz CT molecular complexity index is 755. The highest BCUT2D eigenvalue weighted by atomic mass is 127. The van der Waals surface area contributed by atoms with E-state index in [1.165, 1.54) is 4.88 Å². The highest BCUT2D eigenvalue weighted by Crippen LogP contribution is 2.36. The summed E-state index contributed by atoms with van der Waals surface area (Å²) in [4.78, 5) is 9.83. The quantitative estimate of drug-likeness (QED) is 0.310. The first-order chi connectivity index (χ1) is 12.6. The van der Waals surface area contributed by atoms with Crippen LogP contribution in [-0.2, 0) is 13.0 Å².